The predicted molar refractivity (Wildman–Crippen MR) is 86.2 cm³/mol. The van der Waals surface area contributed by atoms with Crippen molar-refractivity contribution in [3.63, 3.8) is 0 Å². The molecule has 0 heterocycles. The molecule has 0 spiro atoms. The highest BCUT2D eigenvalue weighted by Crippen LogP contribution is 2.31. The van der Waals surface area contributed by atoms with Crippen molar-refractivity contribution < 1.29 is 9.47 Å². The lowest BCUT2D eigenvalue weighted by Gasteiger charge is -2.14. The molecule has 2 aromatic carbocycles. The molecule has 3 nitrogen and oxygen atoms in total. The summed E-state index contributed by atoms with van der Waals surface area (Å²) in [7, 11) is 1.65. The van der Waals surface area contributed by atoms with Gasteiger partial charge in [0, 0.05) is 6.04 Å². The van der Waals surface area contributed by atoms with E-state index in [1.807, 2.05) is 36.4 Å². The molecule has 0 radical (unpaired) electrons. The Bertz CT molecular complexity index is 551. The summed E-state index contributed by atoms with van der Waals surface area (Å²) >= 11 is 0. The van der Waals surface area contributed by atoms with Crippen LogP contribution in [0.1, 0.15) is 31.9 Å². The Morgan fingerprint density at radius 2 is 1.67 bits per heavy atom. The van der Waals surface area contributed by atoms with E-state index >= 15 is 0 Å². The maximum atomic E-state index is 5.87. The lowest BCUT2D eigenvalue weighted by atomic mass is 10.1. The van der Waals surface area contributed by atoms with Gasteiger partial charge in [0.25, 0.3) is 0 Å². The fourth-order valence-electron chi connectivity index (χ4n) is 2.13. The molecule has 21 heavy (non-hydrogen) atoms. The quantitative estimate of drug-likeness (QED) is 0.809. The standard InChI is InChI=1S/C18H23NO2/c1-4-13-19-14(2)15-9-11-16(12-10-15)21-18-8-6-5-7-17(18)20-3/h5-12,14,19H,4,13H2,1-3H3. The fourth-order valence-corrected chi connectivity index (χ4v) is 2.13. The summed E-state index contributed by atoms with van der Waals surface area (Å²) in [5.74, 6) is 2.27. The average molecular weight is 285 g/mol. The third kappa shape index (κ3) is 4.23. The van der Waals surface area contributed by atoms with Crippen molar-refractivity contribution in [2.24, 2.45) is 0 Å². The summed E-state index contributed by atoms with van der Waals surface area (Å²) in [5.41, 5.74) is 1.26. The largest absolute Gasteiger partial charge is 0.493 e. The van der Waals surface area contributed by atoms with Crippen LogP contribution in [0.25, 0.3) is 0 Å². The van der Waals surface area contributed by atoms with Crippen molar-refractivity contribution in [3.05, 3.63) is 54.1 Å². The van der Waals surface area contributed by atoms with E-state index in [1.165, 1.54) is 5.56 Å². The Morgan fingerprint density at radius 3 is 2.29 bits per heavy atom. The van der Waals surface area contributed by atoms with Gasteiger partial charge in [0.1, 0.15) is 5.75 Å². The van der Waals surface area contributed by atoms with Gasteiger partial charge in [-0.2, -0.15) is 0 Å². The second kappa shape index (κ2) is 7.70. The van der Waals surface area contributed by atoms with Crippen molar-refractivity contribution in [2.45, 2.75) is 26.3 Å². The molecule has 1 N–H and O–H groups in total. The van der Waals surface area contributed by atoms with Crippen LogP contribution in [-0.4, -0.2) is 13.7 Å². The minimum Gasteiger partial charge on any atom is -0.493 e. The van der Waals surface area contributed by atoms with Crippen molar-refractivity contribution >= 4 is 0 Å². The molecule has 0 aromatic heterocycles. The molecule has 0 amide bonds. The van der Waals surface area contributed by atoms with E-state index in [0.717, 1.165) is 30.2 Å². The second-order valence-corrected chi connectivity index (χ2v) is 5.00. The summed E-state index contributed by atoms with van der Waals surface area (Å²) in [4.78, 5) is 0. The Kier molecular flexibility index (Phi) is 5.64. The zero-order chi connectivity index (χ0) is 15.1. The SMILES string of the molecule is CCCNC(C)c1ccc(Oc2ccccc2OC)cc1. The lowest BCUT2D eigenvalue weighted by molar-refractivity contribution is 0.379. The molecule has 0 fully saturated rings. The molecule has 2 aromatic rings. The molecule has 0 aliphatic heterocycles. The zero-order valence-corrected chi connectivity index (χ0v) is 12.9. The number of hydrogen-bond donors (Lipinski definition) is 1. The van der Waals surface area contributed by atoms with Crippen LogP contribution in [0.4, 0.5) is 0 Å². The smallest absolute Gasteiger partial charge is 0.169 e. The molecular formula is C18H23NO2. The molecular weight excluding hydrogens is 262 g/mol. The van der Waals surface area contributed by atoms with Gasteiger partial charge in [0.05, 0.1) is 7.11 Å². The van der Waals surface area contributed by atoms with Crippen molar-refractivity contribution in [1.82, 2.24) is 5.32 Å². The molecule has 0 saturated heterocycles. The highest BCUT2D eigenvalue weighted by molar-refractivity contribution is 5.43. The molecule has 1 atom stereocenters. The van der Waals surface area contributed by atoms with Crippen molar-refractivity contribution in [2.75, 3.05) is 13.7 Å². The van der Waals surface area contributed by atoms with E-state index in [9.17, 15) is 0 Å². The monoisotopic (exact) mass is 285 g/mol. The van der Waals surface area contributed by atoms with Gasteiger partial charge in [-0.15, -0.1) is 0 Å². The molecule has 0 aliphatic rings. The Hall–Kier alpha value is -2.00. The van der Waals surface area contributed by atoms with Gasteiger partial charge in [0.15, 0.2) is 11.5 Å². The molecule has 112 valence electrons. The van der Waals surface area contributed by atoms with E-state index < -0.39 is 0 Å². The lowest BCUT2D eigenvalue weighted by Crippen LogP contribution is -2.19. The topological polar surface area (TPSA) is 30.5 Å². The Balaban J connectivity index is 2.05. The number of benzene rings is 2. The normalized spacial score (nSPS) is 12.0. The third-order valence-electron chi connectivity index (χ3n) is 3.38. The van der Waals surface area contributed by atoms with Crippen LogP contribution in [-0.2, 0) is 0 Å². The minimum absolute atomic E-state index is 0.352. The van der Waals surface area contributed by atoms with Crippen molar-refractivity contribution in [3.8, 4) is 17.2 Å². The summed E-state index contributed by atoms with van der Waals surface area (Å²) in [6.07, 6.45) is 1.14. The average Bonchev–Trinajstić information content (AvgIpc) is 2.54. The molecule has 0 saturated carbocycles. The van der Waals surface area contributed by atoms with E-state index in [4.69, 9.17) is 9.47 Å². The fraction of sp³-hybridized carbons (Fsp3) is 0.333. The first-order valence-electron chi connectivity index (χ1n) is 7.38. The molecule has 0 aliphatic carbocycles. The first-order valence-corrected chi connectivity index (χ1v) is 7.38. The molecule has 2 rings (SSSR count). The van der Waals surface area contributed by atoms with Crippen LogP contribution in [0, 0.1) is 0 Å². The first kappa shape index (κ1) is 15.4. The van der Waals surface area contributed by atoms with E-state index in [1.54, 1.807) is 7.11 Å². The summed E-state index contributed by atoms with van der Waals surface area (Å²) in [5, 5.41) is 3.48. The van der Waals surface area contributed by atoms with Gasteiger partial charge >= 0.3 is 0 Å². The van der Waals surface area contributed by atoms with E-state index in [-0.39, 0.29) is 0 Å². The van der Waals surface area contributed by atoms with Gasteiger partial charge in [-0.3, -0.25) is 0 Å². The number of rotatable bonds is 7. The van der Waals surface area contributed by atoms with Crippen molar-refractivity contribution in [1.29, 1.82) is 0 Å². The summed E-state index contributed by atoms with van der Waals surface area (Å²) in [6, 6.07) is 16.2. The Labute approximate surface area is 126 Å². The predicted octanol–water partition coefficient (Wildman–Crippen LogP) is 4.55. The first-order chi connectivity index (χ1) is 10.2. The number of ether oxygens (including phenoxy) is 2. The highest BCUT2D eigenvalue weighted by Gasteiger charge is 2.06. The number of hydrogen-bond acceptors (Lipinski definition) is 3. The van der Waals surface area contributed by atoms with Crippen LogP contribution < -0.4 is 14.8 Å². The molecule has 0 bridgehead atoms. The van der Waals surface area contributed by atoms with Gasteiger partial charge in [0.2, 0.25) is 0 Å². The summed E-state index contributed by atoms with van der Waals surface area (Å²) < 4.78 is 11.2. The van der Waals surface area contributed by atoms with Gasteiger partial charge in [-0.25, -0.2) is 0 Å². The van der Waals surface area contributed by atoms with Crippen LogP contribution in [0.2, 0.25) is 0 Å². The Morgan fingerprint density at radius 1 is 1.00 bits per heavy atom. The minimum atomic E-state index is 0.352. The zero-order valence-electron chi connectivity index (χ0n) is 12.9. The van der Waals surface area contributed by atoms with E-state index in [0.29, 0.717) is 6.04 Å². The van der Waals surface area contributed by atoms with Crippen LogP contribution in [0.3, 0.4) is 0 Å². The molecule has 1 unspecified atom stereocenters. The van der Waals surface area contributed by atoms with E-state index in [2.05, 4.69) is 31.3 Å². The second-order valence-electron chi connectivity index (χ2n) is 5.00. The van der Waals surface area contributed by atoms with Crippen LogP contribution in [0.5, 0.6) is 17.2 Å². The maximum absolute atomic E-state index is 5.87. The van der Waals surface area contributed by atoms with Crippen LogP contribution >= 0.6 is 0 Å². The maximum Gasteiger partial charge on any atom is 0.169 e. The summed E-state index contributed by atoms with van der Waals surface area (Å²) in [6.45, 7) is 5.37. The highest BCUT2D eigenvalue weighted by atomic mass is 16.5. The van der Waals surface area contributed by atoms with Gasteiger partial charge < -0.3 is 14.8 Å². The number of methoxy groups -OCH3 is 1. The van der Waals surface area contributed by atoms with Crippen LogP contribution in [0.15, 0.2) is 48.5 Å². The third-order valence-corrected chi connectivity index (χ3v) is 3.38. The van der Waals surface area contributed by atoms with Gasteiger partial charge in [-0.05, 0) is 49.7 Å². The molecule has 3 heteroatoms. The number of para-hydroxylation sites is 2. The van der Waals surface area contributed by atoms with Gasteiger partial charge in [-0.1, -0.05) is 31.2 Å². The number of nitrogens with one attached hydrogen (secondary N) is 1.